The van der Waals surface area contributed by atoms with E-state index in [4.69, 9.17) is 23.2 Å². The summed E-state index contributed by atoms with van der Waals surface area (Å²) in [6.07, 6.45) is 0. The molecule has 3 nitrogen and oxygen atoms in total. The van der Waals surface area contributed by atoms with Gasteiger partial charge in [-0.15, -0.1) is 11.3 Å². The Kier molecular flexibility index (Phi) is 5.47. The number of ketones is 1. The van der Waals surface area contributed by atoms with E-state index in [1.807, 2.05) is 13.8 Å². The highest BCUT2D eigenvalue weighted by Gasteiger charge is 2.22. The second kappa shape index (κ2) is 7.62. The molecule has 3 rings (SSSR count). The Morgan fingerprint density at radius 3 is 1.88 bits per heavy atom. The molecule has 0 spiro atoms. The molecule has 0 radical (unpaired) electrons. The van der Waals surface area contributed by atoms with Crippen LogP contribution in [0.4, 0.5) is 5.00 Å². The maximum absolute atomic E-state index is 13.0. The molecule has 1 heterocycles. The van der Waals surface area contributed by atoms with Crippen LogP contribution in [0.3, 0.4) is 0 Å². The predicted octanol–water partition coefficient (Wildman–Crippen LogP) is 6.16. The molecule has 0 bridgehead atoms. The number of nitrogens with one attached hydrogen (secondary N) is 1. The highest BCUT2D eigenvalue weighted by atomic mass is 35.5. The topological polar surface area (TPSA) is 46.2 Å². The van der Waals surface area contributed by atoms with E-state index in [0.717, 1.165) is 10.4 Å². The summed E-state index contributed by atoms with van der Waals surface area (Å²) in [4.78, 5) is 26.5. The maximum atomic E-state index is 13.0. The summed E-state index contributed by atoms with van der Waals surface area (Å²) in [5, 5.41) is 4.53. The van der Waals surface area contributed by atoms with E-state index in [1.165, 1.54) is 11.3 Å². The average molecular weight is 404 g/mol. The van der Waals surface area contributed by atoms with Gasteiger partial charge in [0.1, 0.15) is 5.00 Å². The summed E-state index contributed by atoms with van der Waals surface area (Å²) in [6.45, 7) is 3.81. The third kappa shape index (κ3) is 3.83. The quantitative estimate of drug-likeness (QED) is 0.530. The van der Waals surface area contributed by atoms with Crippen molar-refractivity contribution >= 4 is 51.2 Å². The molecule has 1 amide bonds. The standard InChI is InChI=1S/C20H15Cl2NO2S/c1-11-12(2)26-20(23-19(25)14-5-9-16(22)10-6-14)17(11)18(24)13-3-7-15(21)8-4-13/h3-10H,1-2H3,(H,23,25). The zero-order valence-corrected chi connectivity index (χ0v) is 16.4. The van der Waals surface area contributed by atoms with Crippen LogP contribution in [0, 0.1) is 13.8 Å². The summed E-state index contributed by atoms with van der Waals surface area (Å²) in [5.41, 5.74) is 2.37. The Morgan fingerprint density at radius 1 is 0.846 bits per heavy atom. The van der Waals surface area contributed by atoms with Gasteiger partial charge in [0.2, 0.25) is 0 Å². The first kappa shape index (κ1) is 18.6. The SMILES string of the molecule is Cc1sc(NC(=O)c2ccc(Cl)cc2)c(C(=O)c2ccc(Cl)cc2)c1C. The van der Waals surface area contributed by atoms with Gasteiger partial charge in [-0.05, 0) is 67.9 Å². The minimum atomic E-state index is -0.284. The van der Waals surface area contributed by atoms with Crippen LogP contribution in [0.15, 0.2) is 48.5 Å². The number of hydrogen-bond acceptors (Lipinski definition) is 3. The van der Waals surface area contributed by atoms with E-state index in [-0.39, 0.29) is 11.7 Å². The van der Waals surface area contributed by atoms with Crippen molar-refractivity contribution in [3.8, 4) is 0 Å². The van der Waals surface area contributed by atoms with Crippen LogP contribution in [0.5, 0.6) is 0 Å². The number of hydrogen-bond donors (Lipinski definition) is 1. The summed E-state index contributed by atoms with van der Waals surface area (Å²) >= 11 is 13.2. The van der Waals surface area contributed by atoms with Crippen LogP contribution in [-0.4, -0.2) is 11.7 Å². The molecule has 132 valence electrons. The van der Waals surface area contributed by atoms with E-state index >= 15 is 0 Å². The van der Waals surface area contributed by atoms with E-state index < -0.39 is 0 Å². The Labute approximate surface area is 165 Å². The van der Waals surface area contributed by atoms with Gasteiger partial charge in [-0.25, -0.2) is 0 Å². The minimum absolute atomic E-state index is 0.144. The van der Waals surface area contributed by atoms with Gasteiger partial charge in [0, 0.05) is 26.0 Å². The van der Waals surface area contributed by atoms with Gasteiger partial charge in [0.05, 0.1) is 5.56 Å². The first-order valence-corrected chi connectivity index (χ1v) is 9.41. The number of anilines is 1. The number of carbonyl (C=O) groups is 2. The molecule has 0 aliphatic carbocycles. The molecular formula is C20H15Cl2NO2S. The van der Waals surface area contributed by atoms with Crippen molar-refractivity contribution in [2.45, 2.75) is 13.8 Å². The monoisotopic (exact) mass is 403 g/mol. The van der Waals surface area contributed by atoms with Crippen LogP contribution >= 0.6 is 34.5 Å². The molecule has 1 aromatic heterocycles. The Bertz CT molecular complexity index is 976. The van der Waals surface area contributed by atoms with Crippen LogP contribution in [0.2, 0.25) is 10.0 Å². The van der Waals surface area contributed by atoms with Gasteiger partial charge in [-0.3, -0.25) is 9.59 Å². The molecule has 0 aliphatic rings. The van der Waals surface area contributed by atoms with E-state index in [1.54, 1.807) is 48.5 Å². The number of thiophene rings is 1. The van der Waals surface area contributed by atoms with Crippen molar-refractivity contribution in [2.75, 3.05) is 5.32 Å². The van der Waals surface area contributed by atoms with Crippen molar-refractivity contribution in [2.24, 2.45) is 0 Å². The van der Waals surface area contributed by atoms with Gasteiger partial charge in [-0.1, -0.05) is 23.2 Å². The fourth-order valence-corrected chi connectivity index (χ4v) is 3.82. The fraction of sp³-hybridized carbons (Fsp3) is 0.100. The summed E-state index contributed by atoms with van der Waals surface area (Å²) in [6, 6.07) is 13.3. The molecule has 0 saturated carbocycles. The zero-order chi connectivity index (χ0) is 18.8. The van der Waals surface area contributed by atoms with E-state index in [0.29, 0.717) is 31.7 Å². The van der Waals surface area contributed by atoms with Gasteiger partial charge in [0.15, 0.2) is 5.78 Å². The summed E-state index contributed by atoms with van der Waals surface area (Å²) in [7, 11) is 0. The maximum Gasteiger partial charge on any atom is 0.256 e. The average Bonchev–Trinajstić information content (AvgIpc) is 2.89. The van der Waals surface area contributed by atoms with Crippen LogP contribution in [-0.2, 0) is 0 Å². The largest absolute Gasteiger partial charge is 0.313 e. The Balaban J connectivity index is 1.94. The second-order valence-electron chi connectivity index (χ2n) is 5.78. The highest BCUT2D eigenvalue weighted by molar-refractivity contribution is 7.17. The predicted molar refractivity (Wildman–Crippen MR) is 108 cm³/mol. The first-order chi connectivity index (χ1) is 12.4. The number of amides is 1. The second-order valence-corrected chi connectivity index (χ2v) is 7.88. The lowest BCUT2D eigenvalue weighted by Crippen LogP contribution is -2.14. The van der Waals surface area contributed by atoms with Crippen molar-refractivity contribution in [1.29, 1.82) is 0 Å². The number of aryl methyl sites for hydroxylation is 1. The third-order valence-electron chi connectivity index (χ3n) is 4.05. The molecule has 0 saturated heterocycles. The molecular weight excluding hydrogens is 389 g/mol. The summed E-state index contributed by atoms with van der Waals surface area (Å²) < 4.78 is 0. The van der Waals surface area contributed by atoms with Gasteiger partial charge < -0.3 is 5.32 Å². The smallest absolute Gasteiger partial charge is 0.256 e. The van der Waals surface area contributed by atoms with Crippen LogP contribution in [0.1, 0.15) is 36.7 Å². The lowest BCUT2D eigenvalue weighted by Gasteiger charge is -2.08. The highest BCUT2D eigenvalue weighted by Crippen LogP contribution is 2.34. The summed E-state index contributed by atoms with van der Waals surface area (Å²) in [5.74, 6) is -0.428. The number of benzene rings is 2. The molecule has 26 heavy (non-hydrogen) atoms. The lowest BCUT2D eigenvalue weighted by atomic mass is 10.0. The van der Waals surface area contributed by atoms with Crippen molar-refractivity contribution in [1.82, 2.24) is 0 Å². The Hall–Kier alpha value is -2.14. The fourth-order valence-electron chi connectivity index (χ4n) is 2.51. The molecule has 0 fully saturated rings. The Morgan fingerprint density at radius 2 is 1.35 bits per heavy atom. The van der Waals surface area contributed by atoms with Crippen LogP contribution < -0.4 is 5.32 Å². The third-order valence-corrected chi connectivity index (χ3v) is 5.68. The van der Waals surface area contributed by atoms with Crippen molar-refractivity contribution < 1.29 is 9.59 Å². The molecule has 3 aromatic rings. The lowest BCUT2D eigenvalue weighted by molar-refractivity contribution is 0.102. The zero-order valence-electron chi connectivity index (χ0n) is 14.1. The van der Waals surface area contributed by atoms with Gasteiger partial charge >= 0.3 is 0 Å². The molecule has 0 atom stereocenters. The minimum Gasteiger partial charge on any atom is -0.313 e. The molecule has 1 N–H and O–H groups in total. The van der Waals surface area contributed by atoms with E-state index in [2.05, 4.69) is 5.32 Å². The van der Waals surface area contributed by atoms with Gasteiger partial charge in [-0.2, -0.15) is 0 Å². The number of carbonyl (C=O) groups excluding carboxylic acids is 2. The van der Waals surface area contributed by atoms with Crippen molar-refractivity contribution in [3.63, 3.8) is 0 Å². The molecule has 2 aromatic carbocycles. The van der Waals surface area contributed by atoms with Crippen LogP contribution in [0.25, 0.3) is 0 Å². The number of rotatable bonds is 4. The van der Waals surface area contributed by atoms with Crippen molar-refractivity contribution in [3.05, 3.63) is 85.7 Å². The molecule has 6 heteroatoms. The molecule has 0 aliphatic heterocycles. The van der Waals surface area contributed by atoms with Gasteiger partial charge in [0.25, 0.3) is 5.91 Å². The first-order valence-electron chi connectivity index (χ1n) is 7.84. The van der Waals surface area contributed by atoms with E-state index in [9.17, 15) is 9.59 Å². The molecule has 0 unspecified atom stereocenters. The number of halogens is 2. The normalized spacial score (nSPS) is 10.6.